The van der Waals surface area contributed by atoms with Crippen molar-refractivity contribution in [3.63, 3.8) is 0 Å². The zero-order valence-electron chi connectivity index (χ0n) is 11.9. The van der Waals surface area contributed by atoms with Crippen molar-refractivity contribution in [2.75, 3.05) is 13.1 Å². The summed E-state index contributed by atoms with van der Waals surface area (Å²) in [5.74, 6) is 0.830. The number of hydrogen-bond donors (Lipinski definition) is 1. The third kappa shape index (κ3) is 2.95. The lowest BCUT2D eigenvalue weighted by Crippen LogP contribution is -2.47. The Bertz CT molecular complexity index is 374. The van der Waals surface area contributed by atoms with E-state index in [2.05, 4.69) is 37.8 Å². The van der Waals surface area contributed by atoms with E-state index in [-0.39, 0.29) is 0 Å². The Morgan fingerprint density at radius 1 is 1.50 bits per heavy atom. The Morgan fingerprint density at radius 2 is 2.28 bits per heavy atom. The van der Waals surface area contributed by atoms with Crippen molar-refractivity contribution in [2.45, 2.75) is 52.1 Å². The van der Waals surface area contributed by atoms with Crippen molar-refractivity contribution in [3.8, 4) is 0 Å². The van der Waals surface area contributed by atoms with Crippen molar-refractivity contribution in [1.29, 1.82) is 0 Å². The SMILES string of the molecule is CCc1ccc(C(C)N2CCC(C)CC2CN)s1. The lowest BCUT2D eigenvalue weighted by Gasteiger charge is -2.41. The third-order valence-electron chi connectivity index (χ3n) is 4.24. The van der Waals surface area contributed by atoms with E-state index in [1.165, 1.54) is 29.1 Å². The van der Waals surface area contributed by atoms with Crippen LogP contribution in [-0.2, 0) is 6.42 Å². The Hall–Kier alpha value is -0.380. The molecule has 2 nitrogen and oxygen atoms in total. The van der Waals surface area contributed by atoms with E-state index in [1.807, 2.05) is 11.3 Å². The molecule has 0 aliphatic carbocycles. The predicted octanol–water partition coefficient (Wildman–Crippen LogP) is 3.43. The van der Waals surface area contributed by atoms with Gasteiger partial charge in [0.25, 0.3) is 0 Å². The molecule has 0 aromatic carbocycles. The number of thiophene rings is 1. The number of rotatable bonds is 4. The zero-order valence-corrected chi connectivity index (χ0v) is 12.7. The Kier molecular flexibility index (Phi) is 4.82. The standard InChI is InChI=1S/C15H26N2S/c1-4-14-5-6-15(18-14)12(3)17-8-7-11(2)9-13(17)10-16/h5-6,11-13H,4,7-10,16H2,1-3H3. The second-order valence-electron chi connectivity index (χ2n) is 5.59. The summed E-state index contributed by atoms with van der Waals surface area (Å²) in [5, 5.41) is 0. The predicted molar refractivity (Wildman–Crippen MR) is 80.1 cm³/mol. The maximum Gasteiger partial charge on any atom is 0.0416 e. The average Bonchev–Trinajstić information content (AvgIpc) is 2.86. The molecule has 1 saturated heterocycles. The van der Waals surface area contributed by atoms with Crippen LogP contribution < -0.4 is 5.73 Å². The largest absolute Gasteiger partial charge is 0.329 e. The number of likely N-dealkylation sites (tertiary alicyclic amines) is 1. The lowest BCUT2D eigenvalue weighted by atomic mass is 9.91. The summed E-state index contributed by atoms with van der Waals surface area (Å²) < 4.78 is 0. The summed E-state index contributed by atoms with van der Waals surface area (Å²) in [7, 11) is 0. The maximum absolute atomic E-state index is 5.96. The van der Waals surface area contributed by atoms with Gasteiger partial charge in [-0.25, -0.2) is 0 Å². The van der Waals surface area contributed by atoms with Crippen molar-refractivity contribution in [2.24, 2.45) is 11.7 Å². The number of nitrogens with two attached hydrogens (primary N) is 1. The highest BCUT2D eigenvalue weighted by Gasteiger charge is 2.29. The number of nitrogens with zero attached hydrogens (tertiary/aromatic N) is 1. The summed E-state index contributed by atoms with van der Waals surface area (Å²) in [6, 6.07) is 5.67. The van der Waals surface area contributed by atoms with Crippen LogP contribution in [0.2, 0.25) is 0 Å². The molecular weight excluding hydrogens is 240 g/mol. The molecule has 1 fully saturated rings. The van der Waals surface area contributed by atoms with Crippen LogP contribution in [0.25, 0.3) is 0 Å². The van der Waals surface area contributed by atoms with Crippen molar-refractivity contribution < 1.29 is 0 Å². The first kappa shape index (κ1) is 14.0. The van der Waals surface area contributed by atoms with Gasteiger partial charge < -0.3 is 5.73 Å². The molecule has 2 N–H and O–H groups in total. The Balaban J connectivity index is 2.09. The second-order valence-corrected chi connectivity index (χ2v) is 6.79. The monoisotopic (exact) mass is 266 g/mol. The van der Waals surface area contributed by atoms with Crippen LogP contribution in [0, 0.1) is 5.92 Å². The minimum atomic E-state index is 0.524. The van der Waals surface area contributed by atoms with Crippen LogP contribution in [0.3, 0.4) is 0 Å². The van der Waals surface area contributed by atoms with Gasteiger partial charge in [-0.15, -0.1) is 11.3 Å². The molecule has 2 rings (SSSR count). The average molecular weight is 266 g/mol. The molecule has 2 heterocycles. The van der Waals surface area contributed by atoms with E-state index >= 15 is 0 Å². The number of hydrogen-bond acceptors (Lipinski definition) is 3. The van der Waals surface area contributed by atoms with E-state index in [0.29, 0.717) is 12.1 Å². The fraction of sp³-hybridized carbons (Fsp3) is 0.733. The van der Waals surface area contributed by atoms with Gasteiger partial charge in [-0.3, -0.25) is 4.90 Å². The van der Waals surface area contributed by atoms with Gasteiger partial charge in [-0.1, -0.05) is 13.8 Å². The van der Waals surface area contributed by atoms with Gasteiger partial charge >= 0.3 is 0 Å². The third-order valence-corrected chi connectivity index (χ3v) is 5.64. The van der Waals surface area contributed by atoms with Crippen molar-refractivity contribution >= 4 is 11.3 Å². The molecule has 3 atom stereocenters. The number of piperidine rings is 1. The van der Waals surface area contributed by atoms with Crippen LogP contribution in [0.4, 0.5) is 0 Å². The second kappa shape index (κ2) is 6.18. The molecule has 3 unspecified atom stereocenters. The topological polar surface area (TPSA) is 29.3 Å². The fourth-order valence-corrected chi connectivity index (χ4v) is 4.01. The van der Waals surface area contributed by atoms with Crippen molar-refractivity contribution in [3.05, 3.63) is 21.9 Å². The molecule has 0 spiro atoms. The van der Waals surface area contributed by atoms with Gasteiger partial charge in [0.1, 0.15) is 0 Å². The molecule has 0 radical (unpaired) electrons. The summed E-state index contributed by atoms with van der Waals surface area (Å²) >= 11 is 1.97. The van der Waals surface area contributed by atoms with E-state index in [0.717, 1.165) is 18.9 Å². The van der Waals surface area contributed by atoms with Crippen LogP contribution >= 0.6 is 11.3 Å². The van der Waals surface area contributed by atoms with E-state index < -0.39 is 0 Å². The molecule has 18 heavy (non-hydrogen) atoms. The Labute approximate surface area is 115 Å². The molecule has 3 heteroatoms. The maximum atomic E-state index is 5.96. The van der Waals surface area contributed by atoms with Gasteiger partial charge in [-0.05, 0) is 50.8 Å². The summed E-state index contributed by atoms with van der Waals surface area (Å²) in [6.45, 7) is 8.91. The highest BCUT2D eigenvalue weighted by Crippen LogP contribution is 2.33. The first-order valence-corrected chi connectivity index (χ1v) is 8.01. The van der Waals surface area contributed by atoms with E-state index in [9.17, 15) is 0 Å². The minimum Gasteiger partial charge on any atom is -0.329 e. The Morgan fingerprint density at radius 3 is 2.89 bits per heavy atom. The van der Waals surface area contributed by atoms with Crippen molar-refractivity contribution in [1.82, 2.24) is 4.90 Å². The van der Waals surface area contributed by atoms with Crippen LogP contribution in [-0.4, -0.2) is 24.0 Å². The highest BCUT2D eigenvalue weighted by molar-refractivity contribution is 7.12. The molecule has 102 valence electrons. The molecule has 0 saturated carbocycles. The fourth-order valence-electron chi connectivity index (χ4n) is 2.98. The number of aryl methyl sites for hydroxylation is 1. The minimum absolute atomic E-state index is 0.524. The normalized spacial score (nSPS) is 27.3. The lowest BCUT2D eigenvalue weighted by molar-refractivity contribution is 0.0849. The summed E-state index contributed by atoms with van der Waals surface area (Å²) in [4.78, 5) is 5.61. The summed E-state index contributed by atoms with van der Waals surface area (Å²) in [6.07, 6.45) is 3.72. The van der Waals surface area contributed by atoms with Gasteiger partial charge in [0.05, 0.1) is 0 Å². The van der Waals surface area contributed by atoms with Gasteiger partial charge in [-0.2, -0.15) is 0 Å². The molecule has 1 aliphatic rings. The molecule has 0 amide bonds. The van der Waals surface area contributed by atoms with E-state index in [4.69, 9.17) is 5.73 Å². The van der Waals surface area contributed by atoms with Crippen LogP contribution in [0.15, 0.2) is 12.1 Å². The summed E-state index contributed by atoms with van der Waals surface area (Å²) in [5.41, 5.74) is 5.96. The van der Waals surface area contributed by atoms with Crippen LogP contribution in [0.1, 0.15) is 49.4 Å². The molecule has 0 bridgehead atoms. The van der Waals surface area contributed by atoms with Gasteiger partial charge in [0.15, 0.2) is 0 Å². The van der Waals surface area contributed by atoms with Gasteiger partial charge in [0.2, 0.25) is 0 Å². The first-order chi connectivity index (χ1) is 8.65. The smallest absolute Gasteiger partial charge is 0.0416 e. The molecule has 1 aliphatic heterocycles. The van der Waals surface area contributed by atoms with Gasteiger partial charge in [0, 0.05) is 28.4 Å². The molecule has 1 aromatic rings. The zero-order chi connectivity index (χ0) is 13.1. The molecular formula is C15H26N2S. The quantitative estimate of drug-likeness (QED) is 0.904. The highest BCUT2D eigenvalue weighted by atomic mass is 32.1. The van der Waals surface area contributed by atoms with E-state index in [1.54, 1.807) is 0 Å². The molecule has 1 aromatic heterocycles. The van der Waals surface area contributed by atoms with Crippen LogP contribution in [0.5, 0.6) is 0 Å². The first-order valence-electron chi connectivity index (χ1n) is 7.20.